The topological polar surface area (TPSA) is 80.1 Å². The van der Waals surface area contributed by atoms with Gasteiger partial charge in [-0.1, -0.05) is 35.0 Å². The number of likely N-dealkylation sites (tertiary alicyclic amines) is 1. The van der Waals surface area contributed by atoms with E-state index in [4.69, 9.17) is 11.6 Å². The Morgan fingerprint density at radius 3 is 2.86 bits per heavy atom. The highest BCUT2D eigenvalue weighted by Gasteiger charge is 2.25. The molecule has 7 nitrogen and oxygen atoms in total. The van der Waals surface area contributed by atoms with E-state index in [1.54, 1.807) is 34.0 Å². The van der Waals surface area contributed by atoms with Gasteiger partial charge in [0.15, 0.2) is 5.69 Å². The van der Waals surface area contributed by atoms with Crippen LogP contribution in [0.3, 0.4) is 0 Å². The summed E-state index contributed by atoms with van der Waals surface area (Å²) in [4.78, 5) is 26.4. The molecule has 2 aromatic rings. The number of amides is 2. The number of carbonyl (C=O) groups is 2. The minimum Gasteiger partial charge on any atom is -0.348 e. The van der Waals surface area contributed by atoms with Crippen LogP contribution in [0.5, 0.6) is 0 Å². The second-order valence-electron chi connectivity index (χ2n) is 7.15. The minimum absolute atomic E-state index is 0.000451. The number of hydrogen-bond acceptors (Lipinski definition) is 4. The summed E-state index contributed by atoms with van der Waals surface area (Å²) in [5.74, 6) is -0.310. The van der Waals surface area contributed by atoms with Crippen LogP contribution in [0, 0.1) is 0 Å². The molecular weight excluding hydrogens is 378 g/mol. The first kappa shape index (κ1) is 20.1. The number of carbonyl (C=O) groups excluding carboxylic acids is 2. The molecule has 1 aromatic carbocycles. The number of piperidine rings is 1. The average molecular weight is 402 g/mol. The SMILES string of the molecule is CC(C)NC(=O)c1cn([C@@H]2CCCN(C(=O)/C=C/c3ccccc3Cl)C2)nn1. The lowest BCUT2D eigenvalue weighted by molar-refractivity contribution is -0.127. The summed E-state index contributed by atoms with van der Waals surface area (Å²) in [5.41, 5.74) is 1.10. The summed E-state index contributed by atoms with van der Waals surface area (Å²) >= 11 is 6.13. The fourth-order valence-electron chi connectivity index (χ4n) is 3.14. The Morgan fingerprint density at radius 1 is 1.32 bits per heavy atom. The lowest BCUT2D eigenvalue weighted by Gasteiger charge is -2.31. The van der Waals surface area contributed by atoms with Gasteiger partial charge in [-0.3, -0.25) is 9.59 Å². The molecule has 1 aliphatic heterocycles. The predicted molar refractivity (Wildman–Crippen MR) is 108 cm³/mol. The number of nitrogens with zero attached hydrogens (tertiary/aromatic N) is 4. The first-order chi connectivity index (χ1) is 13.4. The zero-order chi connectivity index (χ0) is 20.1. The van der Waals surface area contributed by atoms with Crippen molar-refractivity contribution in [3.05, 3.63) is 52.8 Å². The Bertz CT molecular complexity index is 877. The lowest BCUT2D eigenvalue weighted by Crippen LogP contribution is -2.40. The van der Waals surface area contributed by atoms with Crippen molar-refractivity contribution >= 4 is 29.5 Å². The molecule has 3 rings (SSSR count). The van der Waals surface area contributed by atoms with Crippen molar-refractivity contribution < 1.29 is 9.59 Å². The minimum atomic E-state index is -0.243. The number of nitrogens with one attached hydrogen (secondary N) is 1. The van der Waals surface area contributed by atoms with Gasteiger partial charge in [0.2, 0.25) is 5.91 Å². The molecule has 1 atom stereocenters. The van der Waals surface area contributed by atoms with Crippen molar-refractivity contribution in [2.45, 2.75) is 38.8 Å². The molecule has 2 heterocycles. The second kappa shape index (κ2) is 9.01. The third kappa shape index (κ3) is 4.98. The molecule has 0 bridgehead atoms. The van der Waals surface area contributed by atoms with Gasteiger partial charge in [-0.25, -0.2) is 4.68 Å². The number of aromatic nitrogens is 3. The highest BCUT2D eigenvalue weighted by Crippen LogP contribution is 2.22. The van der Waals surface area contributed by atoms with Gasteiger partial charge >= 0.3 is 0 Å². The van der Waals surface area contributed by atoms with Gasteiger partial charge in [0.05, 0.1) is 12.2 Å². The van der Waals surface area contributed by atoms with E-state index < -0.39 is 0 Å². The molecule has 0 unspecified atom stereocenters. The van der Waals surface area contributed by atoms with E-state index in [9.17, 15) is 9.59 Å². The second-order valence-corrected chi connectivity index (χ2v) is 7.55. The van der Waals surface area contributed by atoms with Crippen LogP contribution in [-0.2, 0) is 4.79 Å². The number of hydrogen-bond donors (Lipinski definition) is 1. The van der Waals surface area contributed by atoms with Crippen molar-refractivity contribution in [1.29, 1.82) is 0 Å². The zero-order valence-corrected chi connectivity index (χ0v) is 16.8. The average Bonchev–Trinajstić information content (AvgIpc) is 3.17. The van der Waals surface area contributed by atoms with E-state index in [0.717, 1.165) is 18.4 Å². The van der Waals surface area contributed by atoms with Crippen molar-refractivity contribution in [3.63, 3.8) is 0 Å². The summed E-state index contributed by atoms with van der Waals surface area (Å²) in [5, 5.41) is 11.5. The van der Waals surface area contributed by atoms with E-state index in [2.05, 4.69) is 15.6 Å². The molecular formula is C20H24ClN5O2. The van der Waals surface area contributed by atoms with Gasteiger partial charge < -0.3 is 10.2 Å². The van der Waals surface area contributed by atoms with Crippen LogP contribution in [0.1, 0.15) is 48.8 Å². The predicted octanol–water partition coefficient (Wildman–Crippen LogP) is 2.95. The van der Waals surface area contributed by atoms with Crippen LogP contribution in [0.4, 0.5) is 0 Å². The van der Waals surface area contributed by atoms with Gasteiger partial charge in [-0.2, -0.15) is 0 Å². The van der Waals surface area contributed by atoms with Gasteiger partial charge in [-0.05, 0) is 44.4 Å². The monoisotopic (exact) mass is 401 g/mol. The Labute approximate surface area is 169 Å². The lowest BCUT2D eigenvalue weighted by atomic mass is 10.1. The third-order valence-corrected chi connectivity index (χ3v) is 4.90. The molecule has 1 aromatic heterocycles. The molecule has 0 spiro atoms. The molecule has 1 fully saturated rings. The molecule has 0 radical (unpaired) electrons. The Kier molecular flexibility index (Phi) is 6.46. The number of rotatable bonds is 5. The zero-order valence-electron chi connectivity index (χ0n) is 16.0. The summed E-state index contributed by atoms with van der Waals surface area (Å²) < 4.78 is 1.69. The van der Waals surface area contributed by atoms with Crippen LogP contribution in [0.25, 0.3) is 6.08 Å². The fraction of sp³-hybridized carbons (Fsp3) is 0.400. The maximum absolute atomic E-state index is 12.6. The molecule has 1 N–H and O–H groups in total. The Balaban J connectivity index is 1.64. The van der Waals surface area contributed by atoms with E-state index in [1.807, 2.05) is 32.0 Å². The van der Waals surface area contributed by atoms with Crippen molar-refractivity contribution in [3.8, 4) is 0 Å². The van der Waals surface area contributed by atoms with Crippen LogP contribution < -0.4 is 5.32 Å². The molecule has 0 saturated carbocycles. The normalized spacial score (nSPS) is 17.3. The summed E-state index contributed by atoms with van der Waals surface area (Å²) in [6.45, 7) is 5.00. The van der Waals surface area contributed by atoms with E-state index in [0.29, 0.717) is 18.1 Å². The quantitative estimate of drug-likeness (QED) is 0.781. The molecule has 148 valence electrons. The molecule has 8 heteroatoms. The fourth-order valence-corrected chi connectivity index (χ4v) is 3.34. The van der Waals surface area contributed by atoms with Crippen LogP contribution in [0.15, 0.2) is 36.5 Å². The van der Waals surface area contributed by atoms with Crippen molar-refractivity contribution in [2.24, 2.45) is 0 Å². The number of benzene rings is 1. The standard InChI is InChI=1S/C20H24ClN5O2/c1-14(2)22-20(28)18-13-26(24-23-18)16-7-5-11-25(12-16)19(27)10-9-15-6-3-4-8-17(15)21/h3-4,6,8-10,13-14,16H,5,7,11-12H2,1-2H3,(H,22,28)/b10-9+/t16-/m1/s1. The van der Waals surface area contributed by atoms with E-state index >= 15 is 0 Å². The third-order valence-electron chi connectivity index (χ3n) is 4.56. The maximum Gasteiger partial charge on any atom is 0.273 e. The first-order valence-electron chi connectivity index (χ1n) is 9.38. The van der Waals surface area contributed by atoms with E-state index in [-0.39, 0.29) is 29.6 Å². The molecule has 1 saturated heterocycles. The van der Waals surface area contributed by atoms with Gasteiger partial charge in [0.1, 0.15) is 0 Å². The Hall–Kier alpha value is -2.67. The number of halogens is 1. The van der Waals surface area contributed by atoms with Gasteiger partial charge in [-0.15, -0.1) is 5.10 Å². The van der Waals surface area contributed by atoms with Crippen LogP contribution in [-0.4, -0.2) is 50.8 Å². The van der Waals surface area contributed by atoms with E-state index in [1.165, 1.54) is 0 Å². The van der Waals surface area contributed by atoms with Gasteiger partial charge in [0, 0.05) is 30.2 Å². The van der Waals surface area contributed by atoms with Crippen LogP contribution >= 0.6 is 11.6 Å². The largest absolute Gasteiger partial charge is 0.348 e. The molecule has 28 heavy (non-hydrogen) atoms. The van der Waals surface area contributed by atoms with Crippen LogP contribution in [0.2, 0.25) is 5.02 Å². The Morgan fingerprint density at radius 2 is 2.11 bits per heavy atom. The molecule has 0 aliphatic carbocycles. The summed E-state index contributed by atoms with van der Waals surface area (Å²) in [6, 6.07) is 7.42. The van der Waals surface area contributed by atoms with Gasteiger partial charge in [0.25, 0.3) is 5.91 Å². The molecule has 2 amide bonds. The highest BCUT2D eigenvalue weighted by molar-refractivity contribution is 6.32. The first-order valence-corrected chi connectivity index (χ1v) is 9.76. The highest BCUT2D eigenvalue weighted by atomic mass is 35.5. The summed E-state index contributed by atoms with van der Waals surface area (Å²) in [7, 11) is 0. The smallest absolute Gasteiger partial charge is 0.273 e. The van der Waals surface area contributed by atoms with Crippen molar-refractivity contribution in [2.75, 3.05) is 13.1 Å². The maximum atomic E-state index is 12.6. The molecule has 1 aliphatic rings. The summed E-state index contributed by atoms with van der Waals surface area (Å²) in [6.07, 6.45) is 6.68. The van der Waals surface area contributed by atoms with Crippen molar-refractivity contribution in [1.82, 2.24) is 25.2 Å².